The number of carbonyl (C=O) groups is 2. The smallest absolute Gasteiger partial charge is 0.271 e. The van der Waals surface area contributed by atoms with Crippen LogP contribution in [0.4, 0.5) is 5.69 Å². The topological polar surface area (TPSA) is 95.6 Å². The first-order valence-electron chi connectivity index (χ1n) is 10.0. The van der Waals surface area contributed by atoms with Crippen molar-refractivity contribution in [3.63, 3.8) is 0 Å². The highest BCUT2D eigenvalue weighted by Crippen LogP contribution is 2.31. The van der Waals surface area contributed by atoms with E-state index in [1.807, 2.05) is 48.5 Å². The summed E-state index contributed by atoms with van der Waals surface area (Å²) in [7, 11) is 1.62. The molecule has 1 heterocycles. The van der Waals surface area contributed by atoms with E-state index in [0.29, 0.717) is 11.3 Å². The molecule has 7 heteroatoms. The van der Waals surface area contributed by atoms with Gasteiger partial charge in [-0.05, 0) is 42.0 Å². The zero-order valence-electron chi connectivity index (χ0n) is 17.7. The van der Waals surface area contributed by atoms with Crippen LogP contribution in [0.3, 0.4) is 0 Å². The van der Waals surface area contributed by atoms with E-state index >= 15 is 0 Å². The SMILES string of the molecule is COc1ccc2[nH]c(-c3ccccc3)c(/C=N\NC(=O)c3cccc(NC(C)=O)c3)c2c1. The van der Waals surface area contributed by atoms with Crippen LogP contribution in [0.5, 0.6) is 5.75 Å². The number of nitrogens with zero attached hydrogens (tertiary/aromatic N) is 1. The van der Waals surface area contributed by atoms with E-state index in [0.717, 1.165) is 33.5 Å². The fourth-order valence-corrected chi connectivity index (χ4v) is 3.45. The van der Waals surface area contributed by atoms with Gasteiger partial charge in [-0.2, -0.15) is 5.10 Å². The highest BCUT2D eigenvalue weighted by atomic mass is 16.5. The molecule has 1 aromatic heterocycles. The number of amides is 2. The van der Waals surface area contributed by atoms with Crippen molar-refractivity contribution in [2.75, 3.05) is 12.4 Å². The Morgan fingerprint density at radius 1 is 1.00 bits per heavy atom. The summed E-state index contributed by atoms with van der Waals surface area (Å²) >= 11 is 0. The Morgan fingerprint density at radius 2 is 1.81 bits per heavy atom. The molecule has 32 heavy (non-hydrogen) atoms. The van der Waals surface area contributed by atoms with Crippen molar-refractivity contribution in [3.05, 3.63) is 83.9 Å². The summed E-state index contributed by atoms with van der Waals surface area (Å²) in [5.41, 5.74) is 7.14. The fraction of sp³-hybridized carbons (Fsp3) is 0.0800. The summed E-state index contributed by atoms with van der Waals surface area (Å²) in [6.45, 7) is 1.41. The highest BCUT2D eigenvalue weighted by molar-refractivity contribution is 6.07. The van der Waals surface area contributed by atoms with Crippen LogP contribution in [0.25, 0.3) is 22.2 Å². The summed E-state index contributed by atoms with van der Waals surface area (Å²) in [5, 5.41) is 7.79. The van der Waals surface area contributed by atoms with Crippen molar-refractivity contribution in [1.82, 2.24) is 10.4 Å². The lowest BCUT2D eigenvalue weighted by Crippen LogP contribution is -2.18. The van der Waals surface area contributed by atoms with Crippen molar-refractivity contribution < 1.29 is 14.3 Å². The molecule has 4 rings (SSSR count). The number of aromatic amines is 1. The molecule has 0 aliphatic heterocycles. The first-order valence-corrected chi connectivity index (χ1v) is 10.0. The minimum atomic E-state index is -0.382. The van der Waals surface area contributed by atoms with Gasteiger partial charge in [0.2, 0.25) is 5.91 Å². The standard InChI is InChI=1S/C25H22N4O3/c1-16(30)27-19-10-6-9-18(13-19)25(31)29-26-15-22-21-14-20(32-2)11-12-23(21)28-24(22)17-7-4-3-5-8-17/h3-15,28H,1-2H3,(H,27,30)(H,29,31)/b26-15-. The van der Waals surface area contributed by atoms with Crippen LogP contribution in [0.1, 0.15) is 22.8 Å². The summed E-state index contributed by atoms with van der Waals surface area (Å²) in [5.74, 6) is 0.139. The first-order chi connectivity index (χ1) is 15.5. The molecule has 0 saturated heterocycles. The van der Waals surface area contributed by atoms with Gasteiger partial charge in [0.25, 0.3) is 5.91 Å². The molecule has 0 aliphatic carbocycles. The van der Waals surface area contributed by atoms with E-state index in [-0.39, 0.29) is 11.8 Å². The van der Waals surface area contributed by atoms with E-state index < -0.39 is 0 Å². The predicted octanol–water partition coefficient (Wildman–Crippen LogP) is 4.57. The second kappa shape index (κ2) is 9.18. The zero-order chi connectivity index (χ0) is 22.5. The predicted molar refractivity (Wildman–Crippen MR) is 126 cm³/mol. The number of hydrogen-bond donors (Lipinski definition) is 3. The number of fused-ring (bicyclic) bond motifs is 1. The Morgan fingerprint density at radius 3 is 2.56 bits per heavy atom. The van der Waals surface area contributed by atoms with E-state index in [1.54, 1.807) is 37.6 Å². The normalized spacial score (nSPS) is 10.9. The molecule has 7 nitrogen and oxygen atoms in total. The largest absolute Gasteiger partial charge is 0.497 e. The van der Waals surface area contributed by atoms with Gasteiger partial charge in [0.05, 0.1) is 19.0 Å². The molecule has 0 bridgehead atoms. The molecule has 0 saturated carbocycles. The molecular weight excluding hydrogens is 404 g/mol. The lowest BCUT2D eigenvalue weighted by atomic mass is 10.1. The van der Waals surface area contributed by atoms with Crippen molar-refractivity contribution >= 4 is 34.6 Å². The quantitative estimate of drug-likeness (QED) is 0.311. The molecule has 0 radical (unpaired) electrons. The van der Waals surface area contributed by atoms with Crippen LogP contribution < -0.4 is 15.5 Å². The van der Waals surface area contributed by atoms with E-state index in [1.165, 1.54) is 6.92 Å². The van der Waals surface area contributed by atoms with E-state index in [4.69, 9.17) is 4.74 Å². The summed E-state index contributed by atoms with van der Waals surface area (Å²) in [6, 6.07) is 22.3. The minimum Gasteiger partial charge on any atom is -0.497 e. The molecule has 0 unspecified atom stereocenters. The third-order valence-corrected chi connectivity index (χ3v) is 4.91. The Bertz CT molecular complexity index is 1310. The molecule has 0 fully saturated rings. The van der Waals surface area contributed by atoms with Crippen LogP contribution in [-0.2, 0) is 4.79 Å². The lowest BCUT2D eigenvalue weighted by molar-refractivity contribution is -0.114. The maximum atomic E-state index is 12.6. The first kappa shape index (κ1) is 20.9. The van der Waals surface area contributed by atoms with Crippen LogP contribution in [-0.4, -0.2) is 30.1 Å². The van der Waals surface area contributed by atoms with Crippen molar-refractivity contribution in [2.45, 2.75) is 6.92 Å². The number of nitrogens with one attached hydrogen (secondary N) is 3. The van der Waals surface area contributed by atoms with E-state index in [2.05, 4.69) is 20.8 Å². The van der Waals surface area contributed by atoms with E-state index in [9.17, 15) is 9.59 Å². The summed E-state index contributed by atoms with van der Waals surface area (Å²) in [6.07, 6.45) is 1.62. The molecule has 3 aromatic carbocycles. The average Bonchev–Trinajstić information content (AvgIpc) is 3.17. The second-order valence-electron chi connectivity index (χ2n) is 7.15. The highest BCUT2D eigenvalue weighted by Gasteiger charge is 2.13. The number of aromatic nitrogens is 1. The zero-order valence-corrected chi connectivity index (χ0v) is 17.7. The number of H-pyrrole nitrogens is 1. The van der Waals surface area contributed by atoms with Crippen molar-refractivity contribution in [2.24, 2.45) is 5.10 Å². The molecule has 0 spiro atoms. The van der Waals surface area contributed by atoms with Gasteiger partial charge < -0.3 is 15.0 Å². The monoisotopic (exact) mass is 426 g/mol. The van der Waals surface area contributed by atoms with Gasteiger partial charge >= 0.3 is 0 Å². The number of ether oxygens (including phenoxy) is 1. The lowest BCUT2D eigenvalue weighted by Gasteiger charge is -2.05. The van der Waals surface area contributed by atoms with Crippen LogP contribution in [0, 0.1) is 0 Å². The van der Waals surface area contributed by atoms with Crippen molar-refractivity contribution in [1.29, 1.82) is 0 Å². The maximum absolute atomic E-state index is 12.6. The summed E-state index contributed by atoms with van der Waals surface area (Å²) < 4.78 is 5.37. The maximum Gasteiger partial charge on any atom is 0.271 e. The summed E-state index contributed by atoms with van der Waals surface area (Å²) in [4.78, 5) is 27.2. The average molecular weight is 426 g/mol. The van der Waals surface area contributed by atoms with Crippen molar-refractivity contribution in [3.8, 4) is 17.0 Å². The van der Waals surface area contributed by atoms with Crippen LogP contribution in [0.15, 0.2) is 77.9 Å². The molecule has 0 aliphatic rings. The van der Waals surface area contributed by atoms with Gasteiger partial charge in [-0.25, -0.2) is 5.43 Å². The molecule has 4 aromatic rings. The van der Waals surface area contributed by atoms with Gasteiger partial charge in [0.15, 0.2) is 0 Å². The molecular formula is C25H22N4O3. The molecule has 160 valence electrons. The number of anilines is 1. The minimum absolute atomic E-state index is 0.205. The fourth-order valence-electron chi connectivity index (χ4n) is 3.45. The number of hydrazone groups is 1. The number of carbonyl (C=O) groups excluding carboxylic acids is 2. The molecule has 3 N–H and O–H groups in total. The number of hydrogen-bond acceptors (Lipinski definition) is 4. The van der Waals surface area contributed by atoms with Gasteiger partial charge in [0.1, 0.15) is 5.75 Å². The Hall–Kier alpha value is -4.39. The van der Waals surface area contributed by atoms with Gasteiger partial charge in [0, 0.05) is 34.6 Å². The Kier molecular flexibility index (Phi) is 5.98. The van der Waals surface area contributed by atoms with Gasteiger partial charge in [-0.1, -0.05) is 36.4 Å². The Labute approximate surface area is 185 Å². The molecule has 0 atom stereocenters. The van der Waals surface area contributed by atoms with Gasteiger partial charge in [-0.15, -0.1) is 0 Å². The molecule has 2 amide bonds. The van der Waals surface area contributed by atoms with Crippen LogP contribution >= 0.6 is 0 Å². The van der Waals surface area contributed by atoms with Crippen LogP contribution in [0.2, 0.25) is 0 Å². The second-order valence-corrected chi connectivity index (χ2v) is 7.15. The third kappa shape index (κ3) is 4.52. The Balaban J connectivity index is 1.64. The third-order valence-electron chi connectivity index (χ3n) is 4.91. The number of benzene rings is 3. The number of methoxy groups -OCH3 is 1. The van der Waals surface area contributed by atoms with Gasteiger partial charge in [-0.3, -0.25) is 9.59 Å². The number of rotatable bonds is 6.